The highest BCUT2D eigenvalue weighted by atomic mass is 19.1. The molecule has 3 aromatic rings. The van der Waals surface area contributed by atoms with Gasteiger partial charge in [-0.15, -0.1) is 0 Å². The Kier molecular flexibility index (Phi) is 6.13. The number of hydrogen-bond donors (Lipinski definition) is 0. The molecule has 0 atom stereocenters. The van der Waals surface area contributed by atoms with Crippen LogP contribution in [0, 0.1) is 5.82 Å². The van der Waals surface area contributed by atoms with Gasteiger partial charge in [-0.25, -0.2) is 4.39 Å². The van der Waals surface area contributed by atoms with Gasteiger partial charge in [0.15, 0.2) is 17.3 Å². The van der Waals surface area contributed by atoms with Gasteiger partial charge in [-0.3, -0.25) is 4.79 Å². The summed E-state index contributed by atoms with van der Waals surface area (Å²) in [6.45, 7) is 3.74. The van der Waals surface area contributed by atoms with E-state index in [4.69, 9.17) is 9.47 Å². The average molecular weight is 390 g/mol. The predicted octanol–water partition coefficient (Wildman–Crippen LogP) is 6.19. The molecule has 3 rings (SSSR count). The first-order valence-electron chi connectivity index (χ1n) is 9.29. The van der Waals surface area contributed by atoms with Crippen LogP contribution in [-0.2, 0) is 10.2 Å². The number of allylic oxidation sites excluding steroid dienone is 1. The molecule has 0 spiro atoms. The third-order valence-electron chi connectivity index (χ3n) is 4.78. The summed E-state index contributed by atoms with van der Waals surface area (Å²) in [6.07, 6.45) is 3.19. The van der Waals surface area contributed by atoms with Crippen LogP contribution in [0.15, 0.2) is 78.9 Å². The Balaban J connectivity index is 1.77. The lowest BCUT2D eigenvalue weighted by Gasteiger charge is -2.22. The largest absolute Gasteiger partial charge is 0.497 e. The van der Waals surface area contributed by atoms with Crippen LogP contribution in [0.25, 0.3) is 6.08 Å². The molecule has 0 saturated heterocycles. The van der Waals surface area contributed by atoms with Crippen molar-refractivity contribution >= 4 is 11.9 Å². The molecular weight excluding hydrogens is 367 g/mol. The van der Waals surface area contributed by atoms with Crippen molar-refractivity contribution in [1.82, 2.24) is 0 Å². The minimum absolute atomic E-state index is 0.0579. The molecule has 0 amide bonds. The third kappa shape index (κ3) is 4.91. The summed E-state index contributed by atoms with van der Waals surface area (Å²) < 4.78 is 24.9. The van der Waals surface area contributed by atoms with Gasteiger partial charge in [-0.05, 0) is 67.4 Å². The van der Waals surface area contributed by atoms with Gasteiger partial charge >= 0.3 is 0 Å². The molecule has 0 saturated carbocycles. The second-order valence-electron chi connectivity index (χ2n) is 7.16. The molecule has 0 heterocycles. The van der Waals surface area contributed by atoms with E-state index >= 15 is 0 Å². The highest BCUT2D eigenvalue weighted by Gasteiger charge is 2.27. The maximum absolute atomic E-state index is 14.1. The summed E-state index contributed by atoms with van der Waals surface area (Å²) in [7, 11) is 1.60. The van der Waals surface area contributed by atoms with Gasteiger partial charge in [0.25, 0.3) is 0 Å². The Morgan fingerprint density at radius 3 is 2.28 bits per heavy atom. The molecule has 29 heavy (non-hydrogen) atoms. The maximum Gasteiger partial charge on any atom is 0.165 e. The van der Waals surface area contributed by atoms with E-state index in [1.165, 1.54) is 12.1 Å². The molecule has 0 aliphatic heterocycles. The van der Waals surface area contributed by atoms with Crippen molar-refractivity contribution in [2.75, 3.05) is 7.11 Å². The summed E-state index contributed by atoms with van der Waals surface area (Å²) in [4.78, 5) is 12.8. The van der Waals surface area contributed by atoms with Gasteiger partial charge in [0.05, 0.1) is 12.5 Å². The number of carbonyl (C=O) groups is 1. The number of carbonyl (C=O) groups excluding carboxylic acids is 1. The van der Waals surface area contributed by atoms with E-state index in [0.29, 0.717) is 11.3 Å². The Labute approximate surface area is 170 Å². The Morgan fingerprint density at radius 2 is 1.62 bits per heavy atom. The molecule has 148 valence electrons. The standard InChI is InChI=1S/C25H23FO3/c1-25(2,19-11-13-20(28-3)14-12-19)24(27)16-10-18-9-15-22(26)23(17-18)29-21-7-5-4-6-8-21/h4-17H,1-3H3/b16-10+. The van der Waals surface area contributed by atoms with E-state index in [-0.39, 0.29) is 11.5 Å². The van der Waals surface area contributed by atoms with Gasteiger partial charge in [0, 0.05) is 0 Å². The predicted molar refractivity (Wildman–Crippen MR) is 113 cm³/mol. The molecule has 0 N–H and O–H groups in total. The van der Waals surface area contributed by atoms with E-state index in [1.54, 1.807) is 37.5 Å². The first-order chi connectivity index (χ1) is 13.9. The second-order valence-corrected chi connectivity index (χ2v) is 7.16. The molecule has 0 unspecified atom stereocenters. The molecular formula is C25H23FO3. The number of hydrogen-bond acceptors (Lipinski definition) is 3. The van der Waals surface area contributed by atoms with Gasteiger partial charge < -0.3 is 9.47 Å². The highest BCUT2D eigenvalue weighted by molar-refractivity contribution is 6.01. The van der Waals surface area contributed by atoms with Gasteiger partial charge in [0.1, 0.15) is 11.5 Å². The van der Waals surface area contributed by atoms with Crippen molar-refractivity contribution in [1.29, 1.82) is 0 Å². The minimum atomic E-state index is -0.702. The third-order valence-corrected chi connectivity index (χ3v) is 4.78. The fraction of sp³-hybridized carbons (Fsp3) is 0.160. The van der Waals surface area contributed by atoms with Gasteiger partial charge in [-0.2, -0.15) is 0 Å². The van der Waals surface area contributed by atoms with E-state index in [1.807, 2.05) is 56.3 Å². The average Bonchev–Trinajstić information content (AvgIpc) is 2.74. The van der Waals surface area contributed by atoms with Crippen LogP contribution in [-0.4, -0.2) is 12.9 Å². The summed E-state index contributed by atoms with van der Waals surface area (Å²) >= 11 is 0. The fourth-order valence-corrected chi connectivity index (χ4v) is 2.85. The molecule has 0 aromatic heterocycles. The quantitative estimate of drug-likeness (QED) is 0.452. The Bertz CT molecular complexity index is 1010. The number of para-hydroxylation sites is 1. The van der Waals surface area contributed by atoms with Crippen molar-refractivity contribution in [3.63, 3.8) is 0 Å². The molecule has 0 aliphatic rings. The van der Waals surface area contributed by atoms with Crippen molar-refractivity contribution in [3.8, 4) is 17.2 Å². The molecule has 0 fully saturated rings. The Hall–Kier alpha value is -3.40. The maximum atomic E-state index is 14.1. The topological polar surface area (TPSA) is 35.5 Å². The van der Waals surface area contributed by atoms with Crippen LogP contribution in [0.3, 0.4) is 0 Å². The zero-order valence-corrected chi connectivity index (χ0v) is 16.7. The summed E-state index contributed by atoms with van der Waals surface area (Å²) in [5.74, 6) is 0.877. The smallest absolute Gasteiger partial charge is 0.165 e. The Morgan fingerprint density at radius 1 is 0.931 bits per heavy atom. The van der Waals surface area contributed by atoms with Crippen molar-refractivity contribution in [2.24, 2.45) is 0 Å². The number of rotatable bonds is 7. The zero-order chi connectivity index (χ0) is 20.9. The lowest BCUT2D eigenvalue weighted by Crippen LogP contribution is -2.27. The van der Waals surface area contributed by atoms with E-state index in [9.17, 15) is 9.18 Å². The molecule has 3 nitrogen and oxygen atoms in total. The zero-order valence-electron chi connectivity index (χ0n) is 16.7. The summed E-state index contributed by atoms with van der Waals surface area (Å²) in [5.41, 5.74) is 0.864. The number of ether oxygens (including phenoxy) is 2. The van der Waals surface area contributed by atoms with Crippen LogP contribution in [0.5, 0.6) is 17.2 Å². The van der Waals surface area contributed by atoms with Crippen LogP contribution in [0.1, 0.15) is 25.0 Å². The first-order valence-corrected chi connectivity index (χ1v) is 9.29. The van der Waals surface area contributed by atoms with Crippen molar-refractivity contribution < 1.29 is 18.7 Å². The number of methoxy groups -OCH3 is 1. The van der Waals surface area contributed by atoms with E-state index in [0.717, 1.165) is 11.3 Å². The van der Waals surface area contributed by atoms with Crippen molar-refractivity contribution in [3.05, 3.63) is 95.8 Å². The van der Waals surface area contributed by atoms with Crippen LogP contribution in [0.4, 0.5) is 4.39 Å². The van der Waals surface area contributed by atoms with Crippen molar-refractivity contribution in [2.45, 2.75) is 19.3 Å². The van der Waals surface area contributed by atoms with Crippen LogP contribution < -0.4 is 9.47 Å². The summed E-state index contributed by atoms with van der Waals surface area (Å²) in [5, 5.41) is 0. The monoisotopic (exact) mass is 390 g/mol. The van der Waals surface area contributed by atoms with E-state index < -0.39 is 11.2 Å². The molecule has 0 bridgehead atoms. The highest BCUT2D eigenvalue weighted by Crippen LogP contribution is 2.28. The lowest BCUT2D eigenvalue weighted by atomic mass is 9.80. The second kappa shape index (κ2) is 8.74. The first kappa shape index (κ1) is 20.3. The number of halogens is 1. The normalized spacial score (nSPS) is 11.4. The van der Waals surface area contributed by atoms with E-state index in [2.05, 4.69) is 0 Å². The van der Waals surface area contributed by atoms with Crippen LogP contribution >= 0.6 is 0 Å². The SMILES string of the molecule is COc1ccc(C(C)(C)C(=O)/C=C/c2ccc(F)c(Oc3ccccc3)c2)cc1. The van der Waals surface area contributed by atoms with Gasteiger partial charge in [-0.1, -0.05) is 42.5 Å². The minimum Gasteiger partial charge on any atom is -0.497 e. The molecule has 3 aromatic carbocycles. The fourth-order valence-electron chi connectivity index (χ4n) is 2.85. The van der Waals surface area contributed by atoms with Gasteiger partial charge in [0.2, 0.25) is 0 Å². The lowest BCUT2D eigenvalue weighted by molar-refractivity contribution is -0.118. The van der Waals surface area contributed by atoms with Crippen LogP contribution in [0.2, 0.25) is 0 Å². The molecule has 4 heteroatoms. The molecule has 0 radical (unpaired) electrons. The number of ketones is 1. The number of benzene rings is 3. The molecule has 0 aliphatic carbocycles. The summed E-state index contributed by atoms with van der Waals surface area (Å²) in [6, 6.07) is 20.9.